The predicted molar refractivity (Wildman–Crippen MR) is 81.6 cm³/mol. The van der Waals surface area contributed by atoms with Gasteiger partial charge in [0.2, 0.25) is 0 Å². The van der Waals surface area contributed by atoms with Gasteiger partial charge in [-0.05, 0) is 57.7 Å². The molecule has 0 spiro atoms. The molecule has 2 aromatic carbocycles. The summed E-state index contributed by atoms with van der Waals surface area (Å²) in [6.07, 6.45) is -0.289. The molecule has 0 radical (unpaired) electrons. The minimum absolute atomic E-state index is 0.310. The number of hydrogen-bond donors (Lipinski definition) is 1. The van der Waals surface area contributed by atoms with Crippen LogP contribution < -0.4 is 0 Å². The Morgan fingerprint density at radius 2 is 1.95 bits per heavy atom. The number of hydrogen-bond acceptors (Lipinski definition) is 1. The molecule has 4 heteroatoms. The lowest BCUT2D eigenvalue weighted by molar-refractivity contribution is 0.178. The lowest BCUT2D eigenvalue weighted by Crippen LogP contribution is -2.03. The molecule has 0 heterocycles. The van der Waals surface area contributed by atoms with Crippen molar-refractivity contribution in [3.63, 3.8) is 0 Å². The molecule has 2 aromatic rings. The summed E-state index contributed by atoms with van der Waals surface area (Å²) in [4.78, 5) is 0. The predicted octanol–water partition coefficient (Wildman–Crippen LogP) is 4.94. The van der Waals surface area contributed by atoms with Gasteiger partial charge in [-0.15, -0.1) is 0 Å². The third-order valence-electron chi connectivity index (χ3n) is 2.89. The van der Waals surface area contributed by atoms with Crippen LogP contribution in [0.5, 0.6) is 0 Å². The molecule has 0 saturated heterocycles. The molecule has 2 rings (SSSR count). The number of aryl methyl sites for hydroxylation is 1. The molecule has 100 valence electrons. The summed E-state index contributed by atoms with van der Waals surface area (Å²) in [6, 6.07) is 10.6. The van der Waals surface area contributed by atoms with Crippen LogP contribution in [0.1, 0.15) is 22.8 Å². The Kier molecular flexibility index (Phi) is 4.76. The maximum atomic E-state index is 13.4. The van der Waals surface area contributed by atoms with Crippen LogP contribution in [0.2, 0.25) is 0 Å². The topological polar surface area (TPSA) is 20.2 Å². The van der Waals surface area contributed by atoms with Gasteiger partial charge in [0.25, 0.3) is 0 Å². The first kappa shape index (κ1) is 14.7. The average molecular weight is 388 g/mol. The molecule has 19 heavy (non-hydrogen) atoms. The molecule has 1 N–H and O–H groups in total. The summed E-state index contributed by atoms with van der Waals surface area (Å²) in [5.74, 6) is -0.310. The van der Waals surface area contributed by atoms with E-state index in [4.69, 9.17) is 0 Å². The van der Waals surface area contributed by atoms with E-state index in [-0.39, 0.29) is 5.82 Å². The molecule has 0 aliphatic rings. The fourth-order valence-electron chi connectivity index (χ4n) is 1.99. The average Bonchev–Trinajstić information content (AvgIpc) is 2.33. The van der Waals surface area contributed by atoms with Gasteiger partial charge in [-0.2, -0.15) is 0 Å². The van der Waals surface area contributed by atoms with Crippen molar-refractivity contribution in [1.29, 1.82) is 0 Å². The molecule has 1 unspecified atom stereocenters. The van der Waals surface area contributed by atoms with Crippen molar-refractivity contribution in [2.24, 2.45) is 0 Å². The summed E-state index contributed by atoms with van der Waals surface area (Å²) in [5.41, 5.74) is 2.65. The van der Waals surface area contributed by atoms with Gasteiger partial charge >= 0.3 is 0 Å². The number of aliphatic hydroxyl groups excluding tert-OH is 1. The van der Waals surface area contributed by atoms with Crippen molar-refractivity contribution in [3.8, 4) is 0 Å². The molecular weight excluding hydrogens is 375 g/mol. The lowest BCUT2D eigenvalue weighted by atomic mass is 10.00. The normalized spacial score (nSPS) is 12.5. The van der Waals surface area contributed by atoms with Crippen molar-refractivity contribution >= 4 is 31.9 Å². The van der Waals surface area contributed by atoms with E-state index in [2.05, 4.69) is 31.9 Å². The summed E-state index contributed by atoms with van der Waals surface area (Å²) < 4.78 is 14.8. The molecule has 0 bridgehead atoms. The molecule has 1 nitrogen and oxygen atoms in total. The van der Waals surface area contributed by atoms with Crippen LogP contribution in [0.4, 0.5) is 4.39 Å². The van der Waals surface area contributed by atoms with Gasteiger partial charge in [-0.25, -0.2) is 4.39 Å². The highest BCUT2D eigenvalue weighted by Gasteiger charge is 2.13. The maximum Gasteiger partial charge on any atom is 0.137 e. The highest BCUT2D eigenvalue weighted by atomic mass is 79.9. The Labute approximate surface area is 128 Å². The van der Waals surface area contributed by atoms with E-state index >= 15 is 0 Å². The Balaban J connectivity index is 2.25. The zero-order valence-corrected chi connectivity index (χ0v) is 13.5. The SMILES string of the molecule is Cc1cc(Br)cc(C(O)Cc2cccc(F)c2Br)c1. The Morgan fingerprint density at radius 3 is 2.63 bits per heavy atom. The lowest BCUT2D eigenvalue weighted by Gasteiger charge is -2.14. The Bertz CT molecular complexity index is 578. The molecule has 0 amide bonds. The molecule has 1 atom stereocenters. The van der Waals surface area contributed by atoms with Gasteiger partial charge in [0, 0.05) is 10.9 Å². The second-order valence-electron chi connectivity index (χ2n) is 4.49. The molecule has 0 aliphatic carbocycles. The fraction of sp³-hybridized carbons (Fsp3) is 0.200. The van der Waals surface area contributed by atoms with Crippen molar-refractivity contribution in [2.75, 3.05) is 0 Å². The highest BCUT2D eigenvalue weighted by Crippen LogP contribution is 2.27. The number of benzene rings is 2. The number of halogens is 3. The Morgan fingerprint density at radius 1 is 1.21 bits per heavy atom. The molecule has 0 fully saturated rings. The standard InChI is InChI=1S/C15H13Br2FO/c1-9-5-11(7-12(16)6-9)14(19)8-10-3-2-4-13(18)15(10)17/h2-7,14,19H,8H2,1H3. The van der Waals surface area contributed by atoms with E-state index in [0.717, 1.165) is 21.2 Å². The smallest absolute Gasteiger partial charge is 0.137 e. The largest absolute Gasteiger partial charge is 0.388 e. The van der Waals surface area contributed by atoms with Gasteiger partial charge in [-0.3, -0.25) is 0 Å². The van der Waals surface area contributed by atoms with Crippen LogP contribution in [0, 0.1) is 12.7 Å². The molecular formula is C15H13Br2FO. The highest BCUT2D eigenvalue weighted by molar-refractivity contribution is 9.10. The van der Waals surface area contributed by atoms with Crippen LogP contribution in [0.25, 0.3) is 0 Å². The zero-order valence-electron chi connectivity index (χ0n) is 10.3. The molecule has 0 aromatic heterocycles. The van der Waals surface area contributed by atoms with Crippen LogP contribution >= 0.6 is 31.9 Å². The van der Waals surface area contributed by atoms with E-state index in [1.807, 2.05) is 25.1 Å². The van der Waals surface area contributed by atoms with E-state index in [1.54, 1.807) is 12.1 Å². The van der Waals surface area contributed by atoms with Crippen LogP contribution in [0.3, 0.4) is 0 Å². The molecule has 0 aliphatic heterocycles. The summed E-state index contributed by atoms with van der Waals surface area (Å²) in [7, 11) is 0. The second-order valence-corrected chi connectivity index (χ2v) is 6.20. The summed E-state index contributed by atoms with van der Waals surface area (Å²) in [5, 5.41) is 10.3. The minimum atomic E-state index is -0.658. The first-order valence-electron chi connectivity index (χ1n) is 5.85. The van der Waals surface area contributed by atoms with Crippen LogP contribution in [-0.2, 0) is 6.42 Å². The third kappa shape index (κ3) is 3.65. The van der Waals surface area contributed by atoms with Crippen LogP contribution in [-0.4, -0.2) is 5.11 Å². The van der Waals surface area contributed by atoms with Crippen molar-refractivity contribution in [3.05, 3.63) is 67.9 Å². The first-order chi connectivity index (χ1) is 8.97. The van der Waals surface area contributed by atoms with Gasteiger partial charge in [0.05, 0.1) is 10.6 Å². The van der Waals surface area contributed by atoms with E-state index < -0.39 is 6.10 Å². The summed E-state index contributed by atoms with van der Waals surface area (Å²) >= 11 is 6.63. The molecule has 0 saturated carbocycles. The quantitative estimate of drug-likeness (QED) is 0.791. The number of rotatable bonds is 3. The first-order valence-corrected chi connectivity index (χ1v) is 7.44. The Hall–Kier alpha value is -0.710. The third-order valence-corrected chi connectivity index (χ3v) is 4.24. The number of aliphatic hydroxyl groups is 1. The maximum absolute atomic E-state index is 13.4. The summed E-state index contributed by atoms with van der Waals surface area (Å²) in [6.45, 7) is 1.97. The minimum Gasteiger partial charge on any atom is -0.388 e. The van der Waals surface area contributed by atoms with Crippen molar-refractivity contribution in [1.82, 2.24) is 0 Å². The van der Waals surface area contributed by atoms with Gasteiger partial charge < -0.3 is 5.11 Å². The zero-order chi connectivity index (χ0) is 14.0. The van der Waals surface area contributed by atoms with E-state index in [1.165, 1.54) is 6.07 Å². The van der Waals surface area contributed by atoms with Gasteiger partial charge in [-0.1, -0.05) is 34.1 Å². The van der Waals surface area contributed by atoms with E-state index in [9.17, 15) is 9.50 Å². The van der Waals surface area contributed by atoms with Gasteiger partial charge in [0.1, 0.15) is 5.82 Å². The van der Waals surface area contributed by atoms with Crippen LogP contribution in [0.15, 0.2) is 45.3 Å². The second kappa shape index (κ2) is 6.16. The van der Waals surface area contributed by atoms with E-state index in [0.29, 0.717) is 10.9 Å². The van der Waals surface area contributed by atoms with Crippen molar-refractivity contribution < 1.29 is 9.50 Å². The van der Waals surface area contributed by atoms with Crippen molar-refractivity contribution in [2.45, 2.75) is 19.4 Å². The monoisotopic (exact) mass is 386 g/mol. The fourth-order valence-corrected chi connectivity index (χ4v) is 3.04. The van der Waals surface area contributed by atoms with Gasteiger partial charge in [0.15, 0.2) is 0 Å².